The average molecular weight is 238 g/mol. The highest BCUT2D eigenvalue weighted by molar-refractivity contribution is 5.78. The Morgan fingerprint density at radius 3 is 2.53 bits per heavy atom. The predicted molar refractivity (Wildman–Crippen MR) is 66.4 cm³/mol. The predicted octanol–water partition coefficient (Wildman–Crippen LogP) is -0.148. The number of rotatable bonds is 4. The minimum atomic E-state index is -0.0275. The molecule has 1 saturated heterocycles. The van der Waals surface area contributed by atoms with Gasteiger partial charge in [0.05, 0.1) is 18.5 Å². The summed E-state index contributed by atoms with van der Waals surface area (Å²) in [4.78, 5) is 18.0. The Morgan fingerprint density at radius 2 is 2.00 bits per heavy atom. The van der Waals surface area contributed by atoms with Crippen molar-refractivity contribution in [3.05, 3.63) is 0 Å². The maximum atomic E-state index is 12.0. The molecule has 96 valence electrons. The summed E-state index contributed by atoms with van der Waals surface area (Å²) in [7, 11) is 3.96. The van der Waals surface area contributed by atoms with E-state index in [0.29, 0.717) is 13.1 Å². The van der Waals surface area contributed by atoms with Gasteiger partial charge in [0.1, 0.15) is 0 Å². The van der Waals surface area contributed by atoms with E-state index in [4.69, 9.17) is 5.26 Å². The molecule has 0 aliphatic carbocycles. The van der Waals surface area contributed by atoms with E-state index in [-0.39, 0.29) is 11.8 Å². The van der Waals surface area contributed by atoms with Gasteiger partial charge in [-0.15, -0.1) is 0 Å². The van der Waals surface area contributed by atoms with Crippen LogP contribution in [0.2, 0.25) is 0 Å². The van der Waals surface area contributed by atoms with Gasteiger partial charge in [0, 0.05) is 32.7 Å². The second kappa shape index (κ2) is 6.58. The molecule has 0 radical (unpaired) electrons. The molecule has 1 rings (SSSR count). The molecule has 0 bridgehead atoms. The zero-order valence-electron chi connectivity index (χ0n) is 11.0. The van der Waals surface area contributed by atoms with Crippen molar-refractivity contribution < 1.29 is 4.79 Å². The molecule has 1 heterocycles. The Balaban J connectivity index is 2.31. The van der Waals surface area contributed by atoms with Crippen molar-refractivity contribution >= 4 is 5.91 Å². The third-order valence-corrected chi connectivity index (χ3v) is 3.07. The van der Waals surface area contributed by atoms with E-state index in [1.165, 1.54) is 0 Å². The van der Waals surface area contributed by atoms with Crippen LogP contribution in [0.4, 0.5) is 0 Å². The topological polar surface area (TPSA) is 50.6 Å². The first-order valence-corrected chi connectivity index (χ1v) is 6.07. The minimum absolute atomic E-state index is 0.0275. The maximum Gasteiger partial charge on any atom is 0.236 e. The smallest absolute Gasteiger partial charge is 0.236 e. The highest BCUT2D eigenvalue weighted by Gasteiger charge is 2.20. The van der Waals surface area contributed by atoms with Crippen molar-refractivity contribution in [3.63, 3.8) is 0 Å². The van der Waals surface area contributed by atoms with Crippen molar-refractivity contribution in [2.45, 2.75) is 6.92 Å². The van der Waals surface area contributed by atoms with E-state index in [9.17, 15) is 4.79 Å². The van der Waals surface area contributed by atoms with Crippen LogP contribution in [-0.2, 0) is 4.79 Å². The van der Waals surface area contributed by atoms with Crippen molar-refractivity contribution in [2.24, 2.45) is 5.92 Å². The molecule has 1 unspecified atom stereocenters. The van der Waals surface area contributed by atoms with E-state index in [1.807, 2.05) is 23.8 Å². The van der Waals surface area contributed by atoms with Crippen LogP contribution in [0.3, 0.4) is 0 Å². The molecule has 0 aromatic carbocycles. The number of carbonyl (C=O) groups is 1. The fraction of sp³-hybridized carbons (Fsp3) is 0.833. The maximum absolute atomic E-state index is 12.0. The van der Waals surface area contributed by atoms with Gasteiger partial charge in [0.2, 0.25) is 5.91 Å². The molecule has 1 fully saturated rings. The number of hydrogen-bond donors (Lipinski definition) is 0. The fourth-order valence-electron chi connectivity index (χ4n) is 1.96. The summed E-state index contributed by atoms with van der Waals surface area (Å²) in [6.07, 6.45) is 0. The summed E-state index contributed by atoms with van der Waals surface area (Å²) in [5.74, 6) is 0.144. The van der Waals surface area contributed by atoms with Gasteiger partial charge >= 0.3 is 0 Å². The first kappa shape index (κ1) is 13.9. The summed E-state index contributed by atoms with van der Waals surface area (Å²) in [5.41, 5.74) is 0. The lowest BCUT2D eigenvalue weighted by atomic mass is 10.2. The van der Waals surface area contributed by atoms with Crippen molar-refractivity contribution in [1.82, 2.24) is 14.7 Å². The Hall–Kier alpha value is -1.12. The van der Waals surface area contributed by atoms with E-state index in [1.54, 1.807) is 0 Å². The average Bonchev–Trinajstić information content (AvgIpc) is 2.29. The second-order valence-corrected chi connectivity index (χ2v) is 4.91. The number of carbonyl (C=O) groups excluding carboxylic acids is 1. The van der Waals surface area contributed by atoms with E-state index < -0.39 is 0 Å². The highest BCUT2D eigenvalue weighted by atomic mass is 16.2. The normalized spacial score (nSPS) is 19.1. The SMILES string of the molecule is CC(C#N)CN(C)CC(=O)N1CCN(C)CC1. The molecule has 0 aromatic heterocycles. The summed E-state index contributed by atoms with van der Waals surface area (Å²) >= 11 is 0. The largest absolute Gasteiger partial charge is 0.339 e. The monoisotopic (exact) mass is 238 g/mol. The quantitative estimate of drug-likeness (QED) is 0.683. The van der Waals surface area contributed by atoms with Gasteiger partial charge in [0.25, 0.3) is 0 Å². The molecule has 1 aliphatic heterocycles. The van der Waals surface area contributed by atoms with Crippen LogP contribution in [0.25, 0.3) is 0 Å². The number of nitrogens with zero attached hydrogens (tertiary/aromatic N) is 4. The number of likely N-dealkylation sites (N-methyl/N-ethyl adjacent to an activating group) is 2. The van der Waals surface area contributed by atoms with E-state index >= 15 is 0 Å². The molecule has 5 nitrogen and oxygen atoms in total. The molecular formula is C12H22N4O. The molecule has 1 aliphatic rings. The van der Waals surface area contributed by atoms with Crippen LogP contribution in [-0.4, -0.2) is 74.0 Å². The molecule has 5 heteroatoms. The van der Waals surface area contributed by atoms with Gasteiger partial charge in [-0.25, -0.2) is 0 Å². The minimum Gasteiger partial charge on any atom is -0.339 e. The first-order chi connectivity index (χ1) is 8.02. The van der Waals surface area contributed by atoms with Gasteiger partial charge < -0.3 is 9.80 Å². The molecule has 0 saturated carbocycles. The number of piperazine rings is 1. The Labute approximate surface area is 104 Å². The summed E-state index contributed by atoms with van der Waals surface area (Å²) in [5, 5.41) is 8.72. The van der Waals surface area contributed by atoms with Gasteiger partial charge in [-0.05, 0) is 21.0 Å². The lowest BCUT2D eigenvalue weighted by molar-refractivity contribution is -0.133. The summed E-state index contributed by atoms with van der Waals surface area (Å²) in [6, 6.07) is 2.18. The Bertz CT molecular complexity index is 291. The van der Waals surface area contributed by atoms with Crippen LogP contribution in [0, 0.1) is 17.2 Å². The van der Waals surface area contributed by atoms with Crippen molar-refractivity contribution in [3.8, 4) is 6.07 Å². The van der Waals surface area contributed by atoms with Crippen LogP contribution in [0.15, 0.2) is 0 Å². The lowest BCUT2D eigenvalue weighted by Crippen LogP contribution is -2.49. The van der Waals surface area contributed by atoms with Gasteiger partial charge in [-0.2, -0.15) is 5.26 Å². The van der Waals surface area contributed by atoms with E-state index in [2.05, 4.69) is 18.0 Å². The standard InChI is InChI=1S/C12H22N4O/c1-11(8-13)9-15(3)10-12(17)16-6-4-14(2)5-7-16/h11H,4-7,9-10H2,1-3H3. The lowest BCUT2D eigenvalue weighted by Gasteiger charge is -2.33. The molecular weight excluding hydrogens is 216 g/mol. The van der Waals surface area contributed by atoms with Crippen molar-refractivity contribution in [1.29, 1.82) is 5.26 Å². The van der Waals surface area contributed by atoms with Crippen molar-refractivity contribution in [2.75, 3.05) is 53.4 Å². The van der Waals surface area contributed by atoms with Gasteiger partial charge in [0.15, 0.2) is 0 Å². The van der Waals surface area contributed by atoms with Gasteiger partial charge in [-0.3, -0.25) is 9.69 Å². The summed E-state index contributed by atoms with van der Waals surface area (Å²) < 4.78 is 0. The first-order valence-electron chi connectivity index (χ1n) is 6.07. The zero-order valence-corrected chi connectivity index (χ0v) is 11.0. The molecule has 0 N–H and O–H groups in total. The van der Waals surface area contributed by atoms with Crippen LogP contribution < -0.4 is 0 Å². The molecule has 0 aromatic rings. The van der Waals surface area contributed by atoms with Crippen LogP contribution >= 0.6 is 0 Å². The van der Waals surface area contributed by atoms with Gasteiger partial charge in [-0.1, -0.05) is 0 Å². The number of amides is 1. The zero-order chi connectivity index (χ0) is 12.8. The fourth-order valence-corrected chi connectivity index (χ4v) is 1.96. The molecule has 1 atom stereocenters. The summed E-state index contributed by atoms with van der Waals surface area (Å²) in [6.45, 7) is 6.46. The molecule has 17 heavy (non-hydrogen) atoms. The Morgan fingerprint density at radius 1 is 1.41 bits per heavy atom. The molecule has 1 amide bonds. The van der Waals surface area contributed by atoms with E-state index in [0.717, 1.165) is 26.2 Å². The second-order valence-electron chi connectivity index (χ2n) is 4.91. The van der Waals surface area contributed by atoms with Crippen LogP contribution in [0.5, 0.6) is 0 Å². The Kier molecular flexibility index (Phi) is 5.39. The third kappa shape index (κ3) is 4.72. The number of nitriles is 1. The third-order valence-electron chi connectivity index (χ3n) is 3.07. The van der Waals surface area contributed by atoms with Crippen LogP contribution in [0.1, 0.15) is 6.92 Å². The number of hydrogen-bond acceptors (Lipinski definition) is 4. The molecule has 0 spiro atoms. The highest BCUT2D eigenvalue weighted by Crippen LogP contribution is 2.02.